The highest BCUT2D eigenvalue weighted by Crippen LogP contribution is 2.48. The van der Waals surface area contributed by atoms with Gasteiger partial charge in [0.15, 0.2) is 0 Å². The van der Waals surface area contributed by atoms with E-state index in [0.717, 1.165) is 36.5 Å². The second kappa shape index (κ2) is 10.9. The molecule has 0 amide bonds. The number of rotatable bonds is 12. The van der Waals surface area contributed by atoms with Crippen LogP contribution in [0.4, 0.5) is 4.39 Å². The van der Waals surface area contributed by atoms with Crippen LogP contribution in [0.25, 0.3) is 0 Å². The summed E-state index contributed by atoms with van der Waals surface area (Å²) in [6.45, 7) is 16.3. The highest BCUT2D eigenvalue weighted by molar-refractivity contribution is 4.88. The van der Waals surface area contributed by atoms with Crippen molar-refractivity contribution in [3.8, 4) is 0 Å². The van der Waals surface area contributed by atoms with Crippen LogP contribution in [-0.4, -0.2) is 6.17 Å². The van der Waals surface area contributed by atoms with Crippen molar-refractivity contribution in [2.45, 2.75) is 119 Å². The fraction of sp³-hybridized carbons (Fsp3) is 1.00. The number of alkyl halides is 1. The predicted octanol–water partition coefficient (Wildman–Crippen LogP) is 8.45. The topological polar surface area (TPSA) is 0 Å². The van der Waals surface area contributed by atoms with Crippen LogP contribution < -0.4 is 0 Å². The van der Waals surface area contributed by atoms with E-state index in [1.807, 2.05) is 0 Å². The first-order valence-electron chi connectivity index (χ1n) is 11.4. The van der Waals surface area contributed by atoms with Gasteiger partial charge in [-0.1, -0.05) is 67.2 Å². The van der Waals surface area contributed by atoms with Gasteiger partial charge < -0.3 is 0 Å². The van der Waals surface area contributed by atoms with E-state index < -0.39 is 6.17 Å². The van der Waals surface area contributed by atoms with E-state index in [-0.39, 0.29) is 0 Å². The maximum absolute atomic E-state index is 13.3. The Kier molecular flexibility index (Phi) is 10.0. The maximum Gasteiger partial charge on any atom is 0.0973 e. The summed E-state index contributed by atoms with van der Waals surface area (Å²) < 4.78 is 13.3. The van der Waals surface area contributed by atoms with E-state index in [2.05, 4.69) is 41.5 Å². The molecule has 0 spiro atoms. The summed E-state index contributed by atoms with van der Waals surface area (Å²) in [5.41, 5.74) is 0.420. The van der Waals surface area contributed by atoms with Crippen molar-refractivity contribution in [2.75, 3.05) is 0 Å². The van der Waals surface area contributed by atoms with Crippen molar-refractivity contribution in [3.05, 3.63) is 0 Å². The summed E-state index contributed by atoms with van der Waals surface area (Å²) in [4.78, 5) is 0. The molecule has 1 rings (SSSR count). The van der Waals surface area contributed by atoms with Crippen LogP contribution in [0.2, 0.25) is 0 Å². The average molecular weight is 355 g/mol. The number of hydrogen-bond acceptors (Lipinski definition) is 0. The smallest absolute Gasteiger partial charge is 0.0973 e. The quantitative estimate of drug-likeness (QED) is 0.330. The first-order valence-corrected chi connectivity index (χ1v) is 11.4. The van der Waals surface area contributed by atoms with Gasteiger partial charge in [0.2, 0.25) is 0 Å². The second-order valence-electron chi connectivity index (χ2n) is 9.91. The van der Waals surface area contributed by atoms with Crippen LogP contribution in [0.15, 0.2) is 0 Å². The minimum Gasteiger partial charge on any atom is -0.248 e. The van der Waals surface area contributed by atoms with Crippen LogP contribution in [0.5, 0.6) is 0 Å². The van der Waals surface area contributed by atoms with Crippen molar-refractivity contribution in [2.24, 2.45) is 35.0 Å². The Morgan fingerprint density at radius 1 is 1.00 bits per heavy atom. The summed E-state index contributed by atoms with van der Waals surface area (Å²) >= 11 is 0. The molecule has 1 fully saturated rings. The third-order valence-electron chi connectivity index (χ3n) is 7.61. The Bertz CT molecular complexity index is 346. The highest BCUT2D eigenvalue weighted by atomic mass is 19.1. The van der Waals surface area contributed by atoms with Crippen molar-refractivity contribution in [3.63, 3.8) is 0 Å². The minimum absolute atomic E-state index is 0.420. The minimum atomic E-state index is -0.642. The van der Waals surface area contributed by atoms with Crippen LogP contribution in [0.1, 0.15) is 113 Å². The average Bonchev–Trinajstić information content (AvgIpc) is 2.88. The molecule has 1 heteroatoms. The second-order valence-corrected chi connectivity index (χ2v) is 9.91. The fourth-order valence-electron chi connectivity index (χ4n) is 5.64. The van der Waals surface area contributed by atoms with Gasteiger partial charge in [-0.3, -0.25) is 0 Å². The zero-order valence-corrected chi connectivity index (χ0v) is 18.4. The summed E-state index contributed by atoms with van der Waals surface area (Å²) in [5, 5.41) is 0. The van der Waals surface area contributed by atoms with Gasteiger partial charge in [0, 0.05) is 0 Å². The lowest BCUT2D eigenvalue weighted by molar-refractivity contribution is 0.110. The summed E-state index contributed by atoms with van der Waals surface area (Å²) in [7, 11) is 0. The molecule has 0 N–H and O–H groups in total. The van der Waals surface area contributed by atoms with Gasteiger partial charge >= 0.3 is 0 Å². The third kappa shape index (κ3) is 7.22. The lowest BCUT2D eigenvalue weighted by Gasteiger charge is -2.39. The Labute approximate surface area is 158 Å². The summed E-state index contributed by atoms with van der Waals surface area (Å²) in [5.74, 6) is 4.29. The zero-order chi connectivity index (χ0) is 19.0. The highest BCUT2D eigenvalue weighted by Gasteiger charge is 2.38. The molecule has 0 aliphatic heterocycles. The molecule has 1 saturated carbocycles. The predicted molar refractivity (Wildman–Crippen MR) is 111 cm³/mol. The normalized spacial score (nSPS) is 28.1. The number of halogens is 1. The Balaban J connectivity index is 2.63. The van der Waals surface area contributed by atoms with Crippen LogP contribution in [-0.2, 0) is 0 Å². The molecule has 6 atom stereocenters. The first-order chi connectivity index (χ1) is 11.7. The molecular formula is C24H47F. The Hall–Kier alpha value is -0.0700. The van der Waals surface area contributed by atoms with Crippen molar-refractivity contribution in [1.29, 1.82) is 0 Å². The summed E-state index contributed by atoms with van der Waals surface area (Å²) in [6, 6.07) is 0. The molecule has 1 aliphatic carbocycles. The molecule has 150 valence electrons. The molecule has 5 unspecified atom stereocenters. The lowest BCUT2D eigenvalue weighted by atomic mass is 9.66. The largest absolute Gasteiger partial charge is 0.248 e. The van der Waals surface area contributed by atoms with Gasteiger partial charge in [0.1, 0.15) is 0 Å². The van der Waals surface area contributed by atoms with E-state index in [4.69, 9.17) is 0 Å². The van der Waals surface area contributed by atoms with Gasteiger partial charge in [0.05, 0.1) is 6.17 Å². The van der Waals surface area contributed by atoms with Crippen LogP contribution in [0, 0.1) is 35.0 Å². The monoisotopic (exact) mass is 354 g/mol. The molecule has 0 heterocycles. The van der Waals surface area contributed by atoms with E-state index in [9.17, 15) is 4.39 Å². The van der Waals surface area contributed by atoms with E-state index in [1.54, 1.807) is 6.92 Å². The molecule has 0 saturated heterocycles. The molecule has 1 aliphatic rings. The molecule has 0 aromatic carbocycles. The van der Waals surface area contributed by atoms with Gasteiger partial charge in [-0.15, -0.1) is 0 Å². The maximum atomic E-state index is 13.3. The zero-order valence-electron chi connectivity index (χ0n) is 18.4. The van der Waals surface area contributed by atoms with E-state index in [1.165, 1.54) is 51.4 Å². The molecular weight excluding hydrogens is 307 g/mol. The molecule has 0 bridgehead atoms. The van der Waals surface area contributed by atoms with Gasteiger partial charge in [-0.25, -0.2) is 4.39 Å². The van der Waals surface area contributed by atoms with Crippen LogP contribution in [0.3, 0.4) is 0 Å². The van der Waals surface area contributed by atoms with Gasteiger partial charge in [-0.05, 0) is 80.5 Å². The summed E-state index contributed by atoms with van der Waals surface area (Å²) in [6.07, 6.45) is 12.0. The third-order valence-corrected chi connectivity index (χ3v) is 7.61. The van der Waals surface area contributed by atoms with Crippen molar-refractivity contribution in [1.82, 2.24) is 0 Å². The van der Waals surface area contributed by atoms with Crippen LogP contribution >= 0.6 is 0 Å². The van der Waals surface area contributed by atoms with Gasteiger partial charge in [-0.2, -0.15) is 0 Å². The molecule has 0 radical (unpaired) electrons. The van der Waals surface area contributed by atoms with Gasteiger partial charge in [0.25, 0.3) is 0 Å². The first kappa shape index (κ1) is 23.0. The van der Waals surface area contributed by atoms with Crippen molar-refractivity contribution >= 4 is 0 Å². The lowest BCUT2D eigenvalue weighted by Crippen LogP contribution is -2.30. The fourth-order valence-corrected chi connectivity index (χ4v) is 5.64. The van der Waals surface area contributed by atoms with Crippen molar-refractivity contribution < 1.29 is 4.39 Å². The molecule has 25 heavy (non-hydrogen) atoms. The number of hydrogen-bond donors (Lipinski definition) is 0. The van der Waals surface area contributed by atoms with E-state index in [0.29, 0.717) is 11.3 Å². The molecule has 0 nitrogen and oxygen atoms in total. The standard InChI is InChI=1S/C24H47F/c1-8-11-21-14-15-22(19(21)5)17-24(6,7)23(10-3)16-20(9-2)13-12-18(4)25/h18-23H,8-17H2,1-7H3/t18?,19?,20?,21?,22?,23-/m1/s1. The van der Waals surface area contributed by atoms with E-state index >= 15 is 0 Å². The SMILES string of the molecule is CCCC1CCC(CC(C)(C)[C@H](CC)CC(CC)CCC(C)F)C1C. The molecule has 0 aromatic rings. The Morgan fingerprint density at radius 2 is 1.64 bits per heavy atom. The Morgan fingerprint density at radius 3 is 2.16 bits per heavy atom. The molecule has 0 aromatic heterocycles.